The number of aromatic nitrogens is 5. The number of hydrogen-bond donors (Lipinski definition) is 1. The SMILES string of the molecule is Cc1ccc2nc(-c3ccc(F)cc3)n(-c3ccc4[nH]ncc4c3)c2n1. The normalized spacial score (nSPS) is 11.5. The lowest BCUT2D eigenvalue weighted by Gasteiger charge is -2.09. The number of imidazole rings is 1. The third kappa shape index (κ3) is 2.27. The molecule has 3 aromatic heterocycles. The second-order valence-electron chi connectivity index (χ2n) is 6.21. The van der Waals surface area contributed by atoms with Crippen LogP contribution in [0, 0.1) is 12.7 Å². The number of hydrogen-bond acceptors (Lipinski definition) is 3. The quantitative estimate of drug-likeness (QED) is 0.516. The fourth-order valence-electron chi connectivity index (χ4n) is 3.16. The fourth-order valence-corrected chi connectivity index (χ4v) is 3.16. The lowest BCUT2D eigenvalue weighted by Crippen LogP contribution is -1.99. The van der Waals surface area contributed by atoms with Crippen LogP contribution in [0.5, 0.6) is 0 Å². The number of fused-ring (bicyclic) bond motifs is 2. The average molecular weight is 343 g/mol. The Bertz CT molecular complexity index is 1250. The molecule has 0 saturated heterocycles. The molecule has 5 aromatic rings. The molecular formula is C20H14FN5. The van der Waals surface area contributed by atoms with Crippen molar-refractivity contribution >= 4 is 22.1 Å². The molecule has 0 aliphatic carbocycles. The molecule has 3 heterocycles. The predicted molar refractivity (Wildman–Crippen MR) is 98.6 cm³/mol. The van der Waals surface area contributed by atoms with E-state index in [0.29, 0.717) is 0 Å². The zero-order valence-electron chi connectivity index (χ0n) is 13.9. The maximum Gasteiger partial charge on any atom is 0.165 e. The summed E-state index contributed by atoms with van der Waals surface area (Å²) in [5.41, 5.74) is 5.20. The van der Waals surface area contributed by atoms with Crippen LogP contribution in [0.3, 0.4) is 0 Å². The molecule has 26 heavy (non-hydrogen) atoms. The highest BCUT2D eigenvalue weighted by Crippen LogP contribution is 2.29. The maximum atomic E-state index is 13.4. The molecule has 0 radical (unpaired) electrons. The van der Waals surface area contributed by atoms with Gasteiger partial charge in [0, 0.05) is 22.3 Å². The summed E-state index contributed by atoms with van der Waals surface area (Å²) in [5, 5.41) is 8.04. The number of aromatic amines is 1. The number of nitrogens with one attached hydrogen (secondary N) is 1. The number of rotatable bonds is 2. The molecule has 0 saturated carbocycles. The second-order valence-corrected chi connectivity index (χ2v) is 6.21. The molecule has 0 aliphatic rings. The summed E-state index contributed by atoms with van der Waals surface area (Å²) in [7, 11) is 0. The summed E-state index contributed by atoms with van der Waals surface area (Å²) < 4.78 is 15.4. The van der Waals surface area contributed by atoms with E-state index in [1.54, 1.807) is 18.3 Å². The maximum absolute atomic E-state index is 13.4. The van der Waals surface area contributed by atoms with Crippen LogP contribution in [0.4, 0.5) is 4.39 Å². The number of benzene rings is 2. The molecule has 0 amide bonds. The van der Waals surface area contributed by atoms with Gasteiger partial charge in [0.2, 0.25) is 0 Å². The van der Waals surface area contributed by atoms with E-state index in [2.05, 4.69) is 15.2 Å². The minimum atomic E-state index is -0.273. The van der Waals surface area contributed by atoms with Crippen LogP contribution in [-0.4, -0.2) is 24.7 Å². The van der Waals surface area contributed by atoms with Gasteiger partial charge in [-0.05, 0) is 61.5 Å². The first-order chi connectivity index (χ1) is 12.7. The van der Waals surface area contributed by atoms with Crippen molar-refractivity contribution < 1.29 is 4.39 Å². The number of halogens is 1. The van der Waals surface area contributed by atoms with Gasteiger partial charge >= 0.3 is 0 Å². The molecule has 0 bridgehead atoms. The molecule has 5 nitrogen and oxygen atoms in total. The van der Waals surface area contributed by atoms with Gasteiger partial charge in [-0.15, -0.1) is 0 Å². The van der Waals surface area contributed by atoms with Crippen LogP contribution >= 0.6 is 0 Å². The van der Waals surface area contributed by atoms with Gasteiger partial charge < -0.3 is 0 Å². The molecule has 2 aromatic carbocycles. The van der Waals surface area contributed by atoms with Gasteiger partial charge in [0.15, 0.2) is 5.65 Å². The summed E-state index contributed by atoms with van der Waals surface area (Å²) >= 11 is 0. The Morgan fingerprint density at radius 2 is 1.81 bits per heavy atom. The number of nitrogens with zero attached hydrogens (tertiary/aromatic N) is 4. The highest BCUT2D eigenvalue weighted by molar-refractivity contribution is 5.84. The van der Waals surface area contributed by atoms with Gasteiger partial charge in [-0.2, -0.15) is 5.10 Å². The predicted octanol–water partition coefficient (Wildman–Crippen LogP) is 4.41. The molecule has 0 atom stereocenters. The van der Waals surface area contributed by atoms with Crippen LogP contribution in [0.15, 0.2) is 60.8 Å². The van der Waals surface area contributed by atoms with Gasteiger partial charge in [0.25, 0.3) is 0 Å². The third-order valence-electron chi connectivity index (χ3n) is 4.43. The summed E-state index contributed by atoms with van der Waals surface area (Å²) in [6, 6.07) is 16.3. The van der Waals surface area contributed by atoms with Crippen LogP contribution in [0.2, 0.25) is 0 Å². The van der Waals surface area contributed by atoms with E-state index in [-0.39, 0.29) is 5.82 Å². The van der Waals surface area contributed by atoms with Crippen LogP contribution in [0.25, 0.3) is 39.1 Å². The molecule has 0 aliphatic heterocycles. The van der Waals surface area contributed by atoms with E-state index >= 15 is 0 Å². The molecule has 0 fully saturated rings. The Morgan fingerprint density at radius 3 is 2.65 bits per heavy atom. The summed E-state index contributed by atoms with van der Waals surface area (Å²) in [6.45, 7) is 1.95. The summed E-state index contributed by atoms with van der Waals surface area (Å²) in [4.78, 5) is 9.44. The van der Waals surface area contributed by atoms with Crippen molar-refractivity contribution in [1.82, 2.24) is 24.7 Å². The standard InChI is InChI=1S/C20H14FN5/c1-12-2-8-18-20(23-12)26(16-7-9-17-14(10-16)11-22-25-17)19(24-18)13-3-5-15(21)6-4-13/h2-11H,1H3,(H,22,25). The summed E-state index contributed by atoms with van der Waals surface area (Å²) in [6.07, 6.45) is 1.79. The molecule has 0 unspecified atom stereocenters. The smallest absolute Gasteiger partial charge is 0.165 e. The Labute approximate surface area is 148 Å². The average Bonchev–Trinajstić information content (AvgIpc) is 3.25. The minimum Gasteiger partial charge on any atom is -0.278 e. The Hall–Kier alpha value is -3.54. The minimum absolute atomic E-state index is 0.273. The number of pyridine rings is 1. The lowest BCUT2D eigenvalue weighted by atomic mass is 10.2. The van der Waals surface area contributed by atoms with E-state index in [1.807, 2.05) is 41.8 Å². The Kier molecular flexibility index (Phi) is 3.12. The van der Waals surface area contributed by atoms with Crippen LogP contribution < -0.4 is 0 Å². The Morgan fingerprint density at radius 1 is 0.962 bits per heavy atom. The van der Waals surface area contributed by atoms with Crippen molar-refractivity contribution in [2.24, 2.45) is 0 Å². The largest absolute Gasteiger partial charge is 0.278 e. The van der Waals surface area contributed by atoms with Gasteiger partial charge in [-0.25, -0.2) is 14.4 Å². The zero-order chi connectivity index (χ0) is 17.7. The molecule has 0 spiro atoms. The molecule has 6 heteroatoms. The number of H-pyrrole nitrogens is 1. The first-order valence-electron chi connectivity index (χ1n) is 8.24. The summed E-state index contributed by atoms with van der Waals surface area (Å²) in [5.74, 6) is 0.450. The van der Waals surface area contributed by atoms with Crippen molar-refractivity contribution in [3.8, 4) is 17.1 Å². The van der Waals surface area contributed by atoms with E-state index in [0.717, 1.165) is 44.8 Å². The van der Waals surface area contributed by atoms with Crippen molar-refractivity contribution in [2.75, 3.05) is 0 Å². The van der Waals surface area contributed by atoms with Gasteiger partial charge in [0.05, 0.1) is 11.7 Å². The van der Waals surface area contributed by atoms with E-state index in [4.69, 9.17) is 4.98 Å². The Balaban J connectivity index is 1.84. The highest BCUT2D eigenvalue weighted by atomic mass is 19.1. The van der Waals surface area contributed by atoms with Crippen LogP contribution in [0.1, 0.15) is 5.69 Å². The molecule has 126 valence electrons. The van der Waals surface area contributed by atoms with E-state index < -0.39 is 0 Å². The number of aryl methyl sites for hydroxylation is 1. The van der Waals surface area contributed by atoms with E-state index in [1.165, 1.54) is 12.1 Å². The third-order valence-corrected chi connectivity index (χ3v) is 4.43. The van der Waals surface area contributed by atoms with E-state index in [9.17, 15) is 4.39 Å². The zero-order valence-corrected chi connectivity index (χ0v) is 13.9. The van der Waals surface area contributed by atoms with Crippen LogP contribution in [-0.2, 0) is 0 Å². The molecular weight excluding hydrogens is 329 g/mol. The van der Waals surface area contributed by atoms with Gasteiger partial charge in [-0.1, -0.05) is 0 Å². The van der Waals surface area contributed by atoms with Crippen molar-refractivity contribution in [3.63, 3.8) is 0 Å². The lowest BCUT2D eigenvalue weighted by molar-refractivity contribution is 0.628. The van der Waals surface area contributed by atoms with Gasteiger partial charge in [-0.3, -0.25) is 9.67 Å². The topological polar surface area (TPSA) is 59.4 Å². The fraction of sp³-hybridized carbons (Fsp3) is 0.0500. The first kappa shape index (κ1) is 14.8. The van der Waals surface area contributed by atoms with Crippen molar-refractivity contribution in [2.45, 2.75) is 6.92 Å². The van der Waals surface area contributed by atoms with Gasteiger partial charge in [0.1, 0.15) is 17.2 Å². The van der Waals surface area contributed by atoms with Crippen molar-refractivity contribution in [3.05, 3.63) is 72.3 Å². The second kappa shape index (κ2) is 5.49. The monoisotopic (exact) mass is 343 g/mol. The first-order valence-corrected chi connectivity index (χ1v) is 8.24. The molecule has 5 rings (SSSR count). The highest BCUT2D eigenvalue weighted by Gasteiger charge is 2.16. The van der Waals surface area contributed by atoms with Crippen molar-refractivity contribution in [1.29, 1.82) is 0 Å². The molecule has 1 N–H and O–H groups in total.